The molecule has 1 saturated heterocycles. The first-order valence-electron chi connectivity index (χ1n) is 9.26. The zero-order chi connectivity index (χ0) is 20.8. The lowest BCUT2D eigenvalue weighted by Gasteiger charge is -2.29. The minimum absolute atomic E-state index is 0.278. The number of hydrogen-bond acceptors (Lipinski definition) is 6. The van der Waals surface area contributed by atoms with E-state index in [1.165, 1.54) is 7.11 Å². The first kappa shape index (κ1) is 21.0. The zero-order valence-electron chi connectivity index (χ0n) is 16.3. The number of carbonyl (C=O) groups is 2. The van der Waals surface area contributed by atoms with E-state index in [0.717, 1.165) is 18.8 Å². The molecule has 2 aromatic rings. The van der Waals surface area contributed by atoms with E-state index >= 15 is 0 Å². The van der Waals surface area contributed by atoms with Gasteiger partial charge in [0.05, 0.1) is 31.6 Å². The summed E-state index contributed by atoms with van der Waals surface area (Å²) in [5.74, 6) is -0.441. The predicted octanol–water partition coefficient (Wildman–Crippen LogP) is 3.37. The Balaban J connectivity index is 1.75. The van der Waals surface area contributed by atoms with Gasteiger partial charge in [-0.05, 0) is 43.3 Å². The van der Waals surface area contributed by atoms with Crippen molar-refractivity contribution in [2.45, 2.75) is 13.0 Å². The van der Waals surface area contributed by atoms with Crippen LogP contribution in [0.15, 0.2) is 42.5 Å². The first-order chi connectivity index (χ1) is 14.0. The number of rotatable bonds is 6. The van der Waals surface area contributed by atoms with E-state index in [1.807, 2.05) is 6.07 Å². The number of hydrogen-bond donors (Lipinski definition) is 1. The van der Waals surface area contributed by atoms with E-state index in [9.17, 15) is 9.59 Å². The van der Waals surface area contributed by atoms with E-state index in [4.69, 9.17) is 25.8 Å². The lowest BCUT2D eigenvalue weighted by Crippen LogP contribution is -2.36. The molecule has 7 nitrogen and oxygen atoms in total. The molecule has 1 N–H and O–H groups in total. The number of ether oxygens (including phenoxy) is 3. The Kier molecular flexibility index (Phi) is 6.95. The van der Waals surface area contributed by atoms with E-state index in [0.29, 0.717) is 29.7 Å². The Morgan fingerprint density at radius 1 is 1.17 bits per heavy atom. The summed E-state index contributed by atoms with van der Waals surface area (Å²) in [5.41, 5.74) is 1.51. The third-order valence-corrected chi connectivity index (χ3v) is 4.76. The maximum Gasteiger partial charge on any atom is 0.340 e. The Bertz CT molecular complexity index is 883. The minimum Gasteiger partial charge on any atom is -0.481 e. The molecular formula is C21H23ClN2O5. The van der Waals surface area contributed by atoms with Crippen LogP contribution in [-0.4, -0.2) is 51.4 Å². The van der Waals surface area contributed by atoms with Gasteiger partial charge in [0, 0.05) is 23.8 Å². The van der Waals surface area contributed by atoms with Crippen LogP contribution < -0.4 is 15.0 Å². The maximum absolute atomic E-state index is 12.6. The van der Waals surface area contributed by atoms with E-state index < -0.39 is 18.0 Å². The van der Waals surface area contributed by atoms with Crippen molar-refractivity contribution in [2.75, 3.05) is 43.6 Å². The number of carbonyl (C=O) groups excluding carboxylic acids is 2. The van der Waals surface area contributed by atoms with Gasteiger partial charge in [0.25, 0.3) is 5.91 Å². The number of morpholine rings is 1. The van der Waals surface area contributed by atoms with Gasteiger partial charge in [0.15, 0.2) is 6.10 Å². The minimum atomic E-state index is -0.794. The van der Waals surface area contributed by atoms with Gasteiger partial charge in [0.2, 0.25) is 0 Å². The summed E-state index contributed by atoms with van der Waals surface area (Å²) >= 11 is 5.94. The molecule has 154 valence electrons. The number of methoxy groups -OCH3 is 1. The van der Waals surface area contributed by atoms with Crippen LogP contribution >= 0.6 is 11.6 Å². The van der Waals surface area contributed by atoms with Gasteiger partial charge in [-0.2, -0.15) is 0 Å². The molecule has 3 rings (SSSR count). The Hall–Kier alpha value is -2.77. The molecule has 0 aromatic heterocycles. The molecule has 1 aliphatic rings. The SMILES string of the molecule is COC(=O)c1cc(N2CCOCC2)ccc1NC(=O)C(C)Oc1cccc(Cl)c1. The number of amides is 1. The number of esters is 1. The highest BCUT2D eigenvalue weighted by atomic mass is 35.5. The summed E-state index contributed by atoms with van der Waals surface area (Å²) < 4.78 is 15.9. The second kappa shape index (κ2) is 9.62. The average Bonchev–Trinajstić information content (AvgIpc) is 2.74. The third-order valence-electron chi connectivity index (χ3n) is 4.52. The van der Waals surface area contributed by atoms with Gasteiger partial charge in [-0.1, -0.05) is 17.7 Å². The zero-order valence-corrected chi connectivity index (χ0v) is 17.1. The Morgan fingerprint density at radius 2 is 1.93 bits per heavy atom. The fraction of sp³-hybridized carbons (Fsp3) is 0.333. The van der Waals surface area contributed by atoms with Crippen LogP contribution in [-0.2, 0) is 14.3 Å². The summed E-state index contributed by atoms with van der Waals surface area (Å²) in [4.78, 5) is 27.0. The number of halogens is 1. The summed E-state index contributed by atoms with van der Waals surface area (Å²) in [7, 11) is 1.31. The van der Waals surface area contributed by atoms with Crippen molar-refractivity contribution in [3.05, 3.63) is 53.1 Å². The topological polar surface area (TPSA) is 77.1 Å². The quantitative estimate of drug-likeness (QED) is 0.725. The van der Waals surface area contributed by atoms with Gasteiger partial charge in [-0.25, -0.2) is 4.79 Å². The van der Waals surface area contributed by atoms with Crippen LogP contribution in [0.3, 0.4) is 0 Å². The van der Waals surface area contributed by atoms with Crippen molar-refractivity contribution < 1.29 is 23.8 Å². The van der Waals surface area contributed by atoms with Crippen molar-refractivity contribution >= 4 is 34.9 Å². The van der Waals surface area contributed by atoms with Crippen molar-refractivity contribution in [1.29, 1.82) is 0 Å². The van der Waals surface area contributed by atoms with Crippen LogP contribution in [0.4, 0.5) is 11.4 Å². The van der Waals surface area contributed by atoms with Crippen LogP contribution in [0, 0.1) is 0 Å². The molecule has 0 spiro atoms. The highest BCUT2D eigenvalue weighted by Crippen LogP contribution is 2.26. The number of nitrogens with zero attached hydrogens (tertiary/aromatic N) is 1. The summed E-state index contributed by atoms with van der Waals surface area (Å²) in [6.45, 7) is 4.35. The lowest BCUT2D eigenvalue weighted by molar-refractivity contribution is -0.122. The lowest BCUT2D eigenvalue weighted by atomic mass is 10.1. The van der Waals surface area contributed by atoms with Gasteiger partial charge in [-0.15, -0.1) is 0 Å². The van der Waals surface area contributed by atoms with Gasteiger partial charge < -0.3 is 24.4 Å². The molecule has 0 bridgehead atoms. The molecule has 1 heterocycles. The normalized spacial score (nSPS) is 14.8. The van der Waals surface area contributed by atoms with Crippen molar-refractivity contribution in [1.82, 2.24) is 0 Å². The van der Waals surface area contributed by atoms with Gasteiger partial charge in [0.1, 0.15) is 5.75 Å². The monoisotopic (exact) mass is 418 g/mol. The fourth-order valence-corrected chi connectivity index (χ4v) is 3.15. The van der Waals surface area contributed by atoms with Crippen molar-refractivity contribution in [2.24, 2.45) is 0 Å². The molecular weight excluding hydrogens is 396 g/mol. The molecule has 1 atom stereocenters. The average molecular weight is 419 g/mol. The molecule has 8 heteroatoms. The number of nitrogens with one attached hydrogen (secondary N) is 1. The van der Waals surface area contributed by atoms with Crippen LogP contribution in [0.25, 0.3) is 0 Å². The van der Waals surface area contributed by atoms with E-state index in [1.54, 1.807) is 43.3 Å². The van der Waals surface area contributed by atoms with E-state index in [-0.39, 0.29) is 5.56 Å². The van der Waals surface area contributed by atoms with Gasteiger partial charge >= 0.3 is 5.97 Å². The summed E-state index contributed by atoms with van der Waals surface area (Å²) in [6.07, 6.45) is -0.794. The third kappa shape index (κ3) is 5.40. The highest BCUT2D eigenvalue weighted by Gasteiger charge is 2.21. The molecule has 0 radical (unpaired) electrons. The standard InChI is InChI=1S/C21H23ClN2O5/c1-14(29-17-5-3-4-15(22)12-17)20(25)23-19-7-6-16(13-18(19)21(26)27-2)24-8-10-28-11-9-24/h3-7,12-14H,8-11H2,1-2H3,(H,23,25). The largest absolute Gasteiger partial charge is 0.481 e. The Morgan fingerprint density at radius 3 is 2.62 bits per heavy atom. The van der Waals surface area contributed by atoms with Crippen molar-refractivity contribution in [3.63, 3.8) is 0 Å². The maximum atomic E-state index is 12.6. The second-order valence-corrected chi connectivity index (χ2v) is 6.96. The molecule has 29 heavy (non-hydrogen) atoms. The fourth-order valence-electron chi connectivity index (χ4n) is 2.97. The molecule has 0 aliphatic carbocycles. The Labute approximate surface area is 174 Å². The van der Waals surface area contributed by atoms with Crippen LogP contribution in [0.2, 0.25) is 5.02 Å². The number of anilines is 2. The molecule has 1 amide bonds. The predicted molar refractivity (Wildman–Crippen MR) is 111 cm³/mol. The molecule has 1 unspecified atom stereocenters. The molecule has 2 aromatic carbocycles. The first-order valence-corrected chi connectivity index (χ1v) is 9.64. The van der Waals surface area contributed by atoms with E-state index in [2.05, 4.69) is 10.2 Å². The second-order valence-electron chi connectivity index (χ2n) is 6.53. The molecule has 0 saturated carbocycles. The smallest absolute Gasteiger partial charge is 0.340 e. The van der Waals surface area contributed by atoms with Crippen LogP contribution in [0.5, 0.6) is 5.75 Å². The summed E-state index contributed by atoms with van der Waals surface area (Å²) in [5, 5.41) is 3.27. The van der Waals surface area contributed by atoms with Crippen molar-refractivity contribution in [3.8, 4) is 5.75 Å². The molecule has 1 fully saturated rings. The molecule has 1 aliphatic heterocycles. The summed E-state index contributed by atoms with van der Waals surface area (Å²) in [6, 6.07) is 12.1. The highest BCUT2D eigenvalue weighted by molar-refractivity contribution is 6.30. The van der Waals surface area contributed by atoms with Crippen LogP contribution in [0.1, 0.15) is 17.3 Å². The number of benzene rings is 2. The van der Waals surface area contributed by atoms with Gasteiger partial charge in [-0.3, -0.25) is 4.79 Å².